The van der Waals surface area contributed by atoms with Crippen molar-refractivity contribution in [1.82, 2.24) is 0 Å². The Bertz CT molecular complexity index is 216. The lowest BCUT2D eigenvalue weighted by molar-refractivity contribution is -0.152. The van der Waals surface area contributed by atoms with Crippen molar-refractivity contribution in [3.63, 3.8) is 0 Å². The molecule has 0 atom stereocenters. The van der Waals surface area contributed by atoms with Gasteiger partial charge in [0.25, 0.3) is 5.78 Å². The number of carbonyl (C=O) groups excluding carboxylic acids is 1. The first-order valence-corrected chi connectivity index (χ1v) is 2.30. The predicted octanol–water partition coefficient (Wildman–Crippen LogP) is 0.759. The van der Waals surface area contributed by atoms with E-state index in [0.717, 1.165) is 0 Å². The van der Waals surface area contributed by atoms with Crippen LogP contribution in [0.3, 0.4) is 0 Å². The van der Waals surface area contributed by atoms with Gasteiger partial charge in [0.15, 0.2) is 0 Å². The summed E-state index contributed by atoms with van der Waals surface area (Å²) in [6.07, 6.45) is -4.96. The summed E-state index contributed by atoms with van der Waals surface area (Å²) in [7, 11) is 0. The minimum atomic E-state index is -4.96. The average molecular weight is 168 g/mol. The van der Waals surface area contributed by atoms with Crippen molar-refractivity contribution in [2.75, 3.05) is 0 Å². The summed E-state index contributed by atoms with van der Waals surface area (Å²) in [6, 6.07) is 0. The molecule has 0 aromatic rings. The second kappa shape index (κ2) is 2.73. The number of rotatable bonds is 2. The fourth-order valence-corrected chi connectivity index (χ4v) is 0.258. The van der Waals surface area contributed by atoms with Crippen LogP contribution in [0, 0.1) is 0 Å². The molecule has 0 aromatic carbocycles. The molecule has 0 aromatic heterocycles. The summed E-state index contributed by atoms with van der Waals surface area (Å²) < 4.78 is 34.4. The van der Waals surface area contributed by atoms with Gasteiger partial charge in [-0.2, -0.15) is 13.2 Å². The molecule has 0 saturated carbocycles. The zero-order chi connectivity index (χ0) is 9.23. The molecule has 0 bridgehead atoms. The molecule has 0 aliphatic carbocycles. The van der Waals surface area contributed by atoms with Crippen LogP contribution >= 0.6 is 0 Å². The average Bonchev–Trinajstić information content (AvgIpc) is 1.82. The molecule has 0 amide bonds. The van der Waals surface area contributed by atoms with Crippen LogP contribution in [0.1, 0.15) is 0 Å². The van der Waals surface area contributed by atoms with Gasteiger partial charge >= 0.3 is 12.1 Å². The molecule has 0 spiro atoms. The maximum Gasteiger partial charge on any atom is 0.419 e. The fourth-order valence-electron chi connectivity index (χ4n) is 0.258. The zero-order valence-corrected chi connectivity index (χ0v) is 5.10. The highest BCUT2D eigenvalue weighted by Gasteiger charge is 2.39. The van der Waals surface area contributed by atoms with E-state index in [1.807, 2.05) is 0 Å². The highest BCUT2D eigenvalue weighted by Crippen LogP contribution is 2.24. The van der Waals surface area contributed by atoms with E-state index in [1.54, 1.807) is 0 Å². The van der Waals surface area contributed by atoms with E-state index in [-0.39, 0.29) is 0 Å². The first kappa shape index (κ1) is 9.67. The van der Waals surface area contributed by atoms with Crippen molar-refractivity contribution in [2.24, 2.45) is 0 Å². The quantitative estimate of drug-likeness (QED) is 0.489. The van der Waals surface area contributed by atoms with E-state index in [2.05, 4.69) is 6.58 Å². The first-order chi connectivity index (χ1) is 4.76. The van der Waals surface area contributed by atoms with Gasteiger partial charge in [-0.3, -0.25) is 4.79 Å². The standard InChI is InChI=1S/C5H3F3O3/c1-2(5(6,7)8)3(9)4(10)11/h1H2,(H,10,11). The van der Waals surface area contributed by atoms with Crippen molar-refractivity contribution in [3.8, 4) is 0 Å². The largest absolute Gasteiger partial charge is 0.475 e. The van der Waals surface area contributed by atoms with Crippen molar-refractivity contribution < 1.29 is 27.9 Å². The second-order valence-corrected chi connectivity index (χ2v) is 1.61. The van der Waals surface area contributed by atoms with E-state index in [0.29, 0.717) is 0 Å². The second-order valence-electron chi connectivity index (χ2n) is 1.61. The molecule has 0 fully saturated rings. The highest BCUT2D eigenvalue weighted by molar-refractivity contribution is 6.39. The van der Waals surface area contributed by atoms with E-state index in [9.17, 15) is 22.8 Å². The lowest BCUT2D eigenvalue weighted by atomic mass is 10.2. The van der Waals surface area contributed by atoms with E-state index in [4.69, 9.17) is 5.11 Å². The Kier molecular flexibility index (Phi) is 2.40. The van der Waals surface area contributed by atoms with Gasteiger partial charge < -0.3 is 5.11 Å². The molecular weight excluding hydrogens is 165 g/mol. The van der Waals surface area contributed by atoms with Crippen LogP contribution in [-0.2, 0) is 9.59 Å². The third-order valence-electron chi connectivity index (χ3n) is 0.811. The number of hydrogen-bond acceptors (Lipinski definition) is 2. The number of alkyl halides is 3. The van der Waals surface area contributed by atoms with Gasteiger partial charge in [-0.1, -0.05) is 6.58 Å². The monoisotopic (exact) mass is 168 g/mol. The number of carboxylic acids is 1. The molecule has 0 radical (unpaired) electrons. The molecule has 0 aliphatic heterocycles. The van der Waals surface area contributed by atoms with Gasteiger partial charge in [-0.05, 0) is 0 Å². The summed E-state index contributed by atoms with van der Waals surface area (Å²) in [5, 5.41) is 7.81. The summed E-state index contributed by atoms with van der Waals surface area (Å²) in [6.45, 7) is 2.29. The van der Waals surface area contributed by atoms with Crippen LogP contribution in [0.4, 0.5) is 13.2 Å². The number of aliphatic carboxylic acids is 1. The van der Waals surface area contributed by atoms with E-state index in [1.165, 1.54) is 0 Å². The molecular formula is C5H3F3O3. The summed E-state index contributed by atoms with van der Waals surface area (Å²) in [5.74, 6) is -4.19. The highest BCUT2D eigenvalue weighted by atomic mass is 19.4. The maximum absolute atomic E-state index is 11.5. The number of halogens is 3. The number of Topliss-reactive ketones (excluding diaryl/α,β-unsaturated/α-hetero) is 1. The Labute approximate surface area is 59.1 Å². The maximum atomic E-state index is 11.5. The smallest absolute Gasteiger partial charge is 0.419 e. The molecule has 0 unspecified atom stereocenters. The van der Waals surface area contributed by atoms with Gasteiger partial charge in [-0.25, -0.2) is 4.79 Å². The lowest BCUT2D eigenvalue weighted by Gasteiger charge is -2.04. The lowest BCUT2D eigenvalue weighted by Crippen LogP contribution is -2.24. The minimum absolute atomic E-state index is 1.87. The molecule has 62 valence electrons. The summed E-state index contributed by atoms with van der Waals surface area (Å²) >= 11 is 0. The van der Waals surface area contributed by atoms with Gasteiger partial charge in [0, 0.05) is 0 Å². The normalized spacial score (nSPS) is 10.8. The van der Waals surface area contributed by atoms with Crippen LogP contribution < -0.4 is 0 Å². The Morgan fingerprint density at radius 1 is 1.27 bits per heavy atom. The Morgan fingerprint density at radius 2 is 1.64 bits per heavy atom. The molecule has 0 saturated heterocycles. The van der Waals surface area contributed by atoms with Gasteiger partial charge in [0.05, 0.1) is 0 Å². The van der Waals surface area contributed by atoms with Gasteiger partial charge in [0.1, 0.15) is 5.57 Å². The van der Waals surface area contributed by atoms with Crippen LogP contribution in [-0.4, -0.2) is 23.0 Å². The van der Waals surface area contributed by atoms with Crippen LogP contribution in [0.5, 0.6) is 0 Å². The Morgan fingerprint density at radius 3 is 1.73 bits per heavy atom. The SMILES string of the molecule is C=C(C(=O)C(=O)O)C(F)(F)F. The number of ketones is 1. The van der Waals surface area contributed by atoms with E-state index < -0.39 is 23.5 Å². The molecule has 0 rings (SSSR count). The van der Waals surface area contributed by atoms with Crippen molar-refractivity contribution in [3.05, 3.63) is 12.2 Å². The van der Waals surface area contributed by atoms with Gasteiger partial charge in [-0.15, -0.1) is 0 Å². The van der Waals surface area contributed by atoms with Crippen LogP contribution in [0.25, 0.3) is 0 Å². The molecule has 0 heterocycles. The number of carbonyl (C=O) groups is 2. The molecule has 3 nitrogen and oxygen atoms in total. The fraction of sp³-hybridized carbons (Fsp3) is 0.200. The van der Waals surface area contributed by atoms with Crippen molar-refractivity contribution >= 4 is 11.8 Å². The summed E-state index contributed by atoms with van der Waals surface area (Å²) in [4.78, 5) is 19.7. The summed E-state index contributed by atoms with van der Waals surface area (Å²) in [5.41, 5.74) is -1.87. The molecule has 6 heteroatoms. The number of carboxylic acid groups (broad SMARTS) is 1. The predicted molar refractivity (Wildman–Crippen MR) is 27.8 cm³/mol. The van der Waals surface area contributed by atoms with Crippen molar-refractivity contribution in [2.45, 2.75) is 6.18 Å². The topological polar surface area (TPSA) is 54.4 Å². The third-order valence-corrected chi connectivity index (χ3v) is 0.811. The minimum Gasteiger partial charge on any atom is -0.475 e. The Balaban J connectivity index is 4.53. The number of hydrogen-bond donors (Lipinski definition) is 1. The molecule has 0 aliphatic rings. The first-order valence-electron chi connectivity index (χ1n) is 2.30. The van der Waals surface area contributed by atoms with Crippen molar-refractivity contribution in [1.29, 1.82) is 0 Å². The molecule has 11 heavy (non-hydrogen) atoms. The van der Waals surface area contributed by atoms with Crippen LogP contribution in [0.15, 0.2) is 12.2 Å². The molecule has 1 N–H and O–H groups in total. The van der Waals surface area contributed by atoms with Gasteiger partial charge in [0.2, 0.25) is 0 Å². The third kappa shape index (κ3) is 2.40. The van der Waals surface area contributed by atoms with E-state index >= 15 is 0 Å². The Hall–Kier alpha value is -1.33. The zero-order valence-electron chi connectivity index (χ0n) is 5.10. The van der Waals surface area contributed by atoms with Crippen LogP contribution in [0.2, 0.25) is 0 Å².